The molecule has 13 heavy (non-hydrogen) atoms. The van der Waals surface area contributed by atoms with E-state index >= 15 is 0 Å². The van der Waals surface area contributed by atoms with Crippen LogP contribution >= 0.6 is 15.9 Å². The number of anilines is 1. The quantitative estimate of drug-likeness (QED) is 0.781. The molecule has 0 atom stereocenters. The molecular weight excluding hydrogens is 236 g/mol. The summed E-state index contributed by atoms with van der Waals surface area (Å²) in [5, 5.41) is 3.92. The van der Waals surface area contributed by atoms with Crippen LogP contribution in [0.1, 0.15) is 0 Å². The van der Waals surface area contributed by atoms with Gasteiger partial charge >= 0.3 is 0 Å². The second kappa shape index (κ2) is 3.09. The monoisotopic (exact) mass is 240 g/mol. The van der Waals surface area contributed by atoms with Crippen LogP contribution in [0.5, 0.6) is 0 Å². The first-order chi connectivity index (χ1) is 6.29. The van der Waals surface area contributed by atoms with E-state index in [0.29, 0.717) is 16.1 Å². The number of nitrogens with zero attached hydrogens (tertiary/aromatic N) is 5. The first kappa shape index (κ1) is 8.11. The van der Waals surface area contributed by atoms with Crippen LogP contribution in [0, 0.1) is 0 Å². The molecule has 0 radical (unpaired) electrons. The number of aromatic nitrogens is 5. The second-order valence-corrected chi connectivity index (χ2v) is 3.03. The maximum Gasteiger partial charge on any atom is 0.174 e. The van der Waals surface area contributed by atoms with E-state index in [2.05, 4.69) is 36.0 Å². The Bertz CT molecular complexity index is 411. The minimum atomic E-state index is 0.375. The number of hydrogen-bond donors (Lipinski definition) is 1. The van der Waals surface area contributed by atoms with Gasteiger partial charge in [0.15, 0.2) is 5.82 Å². The van der Waals surface area contributed by atoms with Gasteiger partial charge in [0, 0.05) is 0 Å². The van der Waals surface area contributed by atoms with Gasteiger partial charge in [0.2, 0.25) is 0 Å². The fourth-order valence-electron chi connectivity index (χ4n) is 0.851. The van der Waals surface area contributed by atoms with Gasteiger partial charge in [-0.15, -0.1) is 0 Å². The Balaban J connectivity index is 2.59. The largest absolute Gasteiger partial charge is 0.383 e. The molecule has 7 heteroatoms. The molecule has 0 aromatic carbocycles. The summed E-state index contributed by atoms with van der Waals surface area (Å²) in [5.41, 5.74) is 5.57. The number of nitrogens with two attached hydrogens (primary N) is 1. The Hall–Kier alpha value is -1.50. The zero-order chi connectivity index (χ0) is 9.26. The molecule has 2 rings (SSSR count). The van der Waals surface area contributed by atoms with E-state index < -0.39 is 0 Å². The first-order valence-electron chi connectivity index (χ1n) is 3.40. The van der Waals surface area contributed by atoms with Crippen molar-refractivity contribution >= 4 is 21.7 Å². The van der Waals surface area contributed by atoms with E-state index in [1.807, 2.05) is 0 Å². The Morgan fingerprint density at radius 2 is 2.15 bits per heavy atom. The lowest BCUT2D eigenvalue weighted by atomic mass is 10.5. The molecule has 0 spiro atoms. The normalized spacial score (nSPS) is 10.2. The molecule has 2 aromatic rings. The van der Waals surface area contributed by atoms with Crippen LogP contribution in [0.25, 0.3) is 5.82 Å². The third kappa shape index (κ3) is 1.37. The highest BCUT2D eigenvalue weighted by molar-refractivity contribution is 9.10. The van der Waals surface area contributed by atoms with Crippen molar-refractivity contribution < 1.29 is 0 Å². The lowest BCUT2D eigenvalue weighted by Crippen LogP contribution is -2.03. The van der Waals surface area contributed by atoms with Crippen molar-refractivity contribution in [1.82, 2.24) is 24.7 Å². The van der Waals surface area contributed by atoms with E-state index in [4.69, 9.17) is 5.73 Å². The van der Waals surface area contributed by atoms with E-state index in [1.54, 1.807) is 0 Å². The SMILES string of the molecule is Nc1ncnc(-n2cncn2)c1Br. The molecule has 2 heterocycles. The summed E-state index contributed by atoms with van der Waals surface area (Å²) in [6, 6.07) is 0. The molecule has 0 aliphatic heterocycles. The van der Waals surface area contributed by atoms with Crippen LogP contribution in [-0.4, -0.2) is 24.7 Å². The molecule has 0 amide bonds. The highest BCUT2D eigenvalue weighted by Gasteiger charge is 2.07. The lowest BCUT2D eigenvalue weighted by molar-refractivity contribution is 0.833. The fraction of sp³-hybridized carbons (Fsp3) is 0. The zero-order valence-electron chi connectivity index (χ0n) is 6.42. The number of halogens is 1. The van der Waals surface area contributed by atoms with Crippen LogP contribution < -0.4 is 5.73 Å². The molecule has 0 saturated carbocycles. The maximum absolute atomic E-state index is 5.57. The molecule has 66 valence electrons. The fourth-order valence-corrected chi connectivity index (χ4v) is 1.24. The summed E-state index contributed by atoms with van der Waals surface area (Å²) in [7, 11) is 0. The third-order valence-electron chi connectivity index (χ3n) is 1.43. The summed E-state index contributed by atoms with van der Waals surface area (Å²) in [6.45, 7) is 0. The van der Waals surface area contributed by atoms with Gasteiger partial charge in [-0.1, -0.05) is 0 Å². The van der Waals surface area contributed by atoms with E-state index in [9.17, 15) is 0 Å². The summed E-state index contributed by atoms with van der Waals surface area (Å²) in [5.74, 6) is 0.950. The molecule has 0 aliphatic rings. The zero-order valence-corrected chi connectivity index (χ0v) is 8.01. The molecule has 0 aliphatic carbocycles. The van der Waals surface area contributed by atoms with Gasteiger partial charge in [0.25, 0.3) is 0 Å². The predicted octanol–water partition coefficient (Wildman–Crippen LogP) is 0.402. The minimum Gasteiger partial charge on any atom is -0.383 e. The highest BCUT2D eigenvalue weighted by atomic mass is 79.9. The molecule has 6 nitrogen and oxygen atoms in total. The standard InChI is InChI=1S/C6H5BrN6/c7-4-5(8)10-2-11-6(4)13-3-9-1-12-13/h1-3H,(H2,8,10,11). The van der Waals surface area contributed by atoms with E-state index in [0.717, 1.165) is 0 Å². The Labute approximate surface area is 82.0 Å². The number of nitrogen functional groups attached to an aromatic ring is 1. The summed E-state index contributed by atoms with van der Waals surface area (Å²) < 4.78 is 2.11. The van der Waals surface area contributed by atoms with Gasteiger partial charge in [-0.25, -0.2) is 19.6 Å². The van der Waals surface area contributed by atoms with E-state index in [-0.39, 0.29) is 0 Å². The van der Waals surface area contributed by atoms with Crippen LogP contribution in [0.3, 0.4) is 0 Å². The van der Waals surface area contributed by atoms with Crippen molar-refractivity contribution in [2.75, 3.05) is 5.73 Å². The Kier molecular flexibility index (Phi) is 1.93. The average molecular weight is 241 g/mol. The predicted molar refractivity (Wildman–Crippen MR) is 49.1 cm³/mol. The summed E-state index contributed by atoms with van der Waals surface area (Å²) in [6.07, 6.45) is 4.33. The van der Waals surface area contributed by atoms with Crippen molar-refractivity contribution in [2.45, 2.75) is 0 Å². The molecular formula is C6H5BrN6. The second-order valence-electron chi connectivity index (χ2n) is 2.24. The van der Waals surface area contributed by atoms with Crippen molar-refractivity contribution in [3.05, 3.63) is 23.5 Å². The van der Waals surface area contributed by atoms with Gasteiger partial charge < -0.3 is 5.73 Å². The minimum absolute atomic E-state index is 0.375. The molecule has 2 N–H and O–H groups in total. The number of hydrogen-bond acceptors (Lipinski definition) is 5. The highest BCUT2D eigenvalue weighted by Crippen LogP contribution is 2.21. The summed E-state index contributed by atoms with van der Waals surface area (Å²) >= 11 is 3.26. The van der Waals surface area contributed by atoms with Gasteiger partial charge in [0.1, 0.15) is 29.3 Å². The van der Waals surface area contributed by atoms with Gasteiger partial charge in [-0.05, 0) is 15.9 Å². The van der Waals surface area contributed by atoms with E-state index in [1.165, 1.54) is 23.7 Å². The third-order valence-corrected chi connectivity index (χ3v) is 2.19. The van der Waals surface area contributed by atoms with Crippen molar-refractivity contribution in [3.8, 4) is 5.82 Å². The summed E-state index contributed by atoms with van der Waals surface area (Å²) in [4.78, 5) is 11.6. The first-order valence-corrected chi connectivity index (χ1v) is 4.19. The van der Waals surface area contributed by atoms with Crippen LogP contribution in [0.15, 0.2) is 23.5 Å². The smallest absolute Gasteiger partial charge is 0.174 e. The lowest BCUT2D eigenvalue weighted by Gasteiger charge is -2.02. The van der Waals surface area contributed by atoms with Crippen LogP contribution in [0.4, 0.5) is 5.82 Å². The van der Waals surface area contributed by atoms with Crippen molar-refractivity contribution in [1.29, 1.82) is 0 Å². The van der Waals surface area contributed by atoms with Crippen LogP contribution in [-0.2, 0) is 0 Å². The Morgan fingerprint density at radius 3 is 2.85 bits per heavy atom. The molecule has 0 bridgehead atoms. The van der Waals surface area contributed by atoms with Crippen LogP contribution in [0.2, 0.25) is 0 Å². The van der Waals surface area contributed by atoms with Gasteiger partial charge in [0.05, 0.1) is 0 Å². The van der Waals surface area contributed by atoms with Gasteiger partial charge in [-0.3, -0.25) is 0 Å². The average Bonchev–Trinajstić information content (AvgIpc) is 2.62. The molecule has 0 saturated heterocycles. The van der Waals surface area contributed by atoms with Crippen molar-refractivity contribution in [2.24, 2.45) is 0 Å². The topological polar surface area (TPSA) is 82.5 Å². The molecule has 0 fully saturated rings. The molecule has 0 unspecified atom stereocenters. The maximum atomic E-state index is 5.57. The molecule has 2 aromatic heterocycles. The Morgan fingerprint density at radius 1 is 1.31 bits per heavy atom. The van der Waals surface area contributed by atoms with Crippen molar-refractivity contribution in [3.63, 3.8) is 0 Å². The van der Waals surface area contributed by atoms with Gasteiger partial charge in [-0.2, -0.15) is 5.10 Å². The number of rotatable bonds is 1.